The summed E-state index contributed by atoms with van der Waals surface area (Å²) in [6.45, 7) is 2.61. The Labute approximate surface area is 143 Å². The first-order chi connectivity index (χ1) is 11.2. The smallest absolute Gasteiger partial charge is 0.245 e. The molecule has 1 aliphatic rings. The van der Waals surface area contributed by atoms with Gasteiger partial charge in [-0.1, -0.05) is 0 Å². The van der Waals surface area contributed by atoms with E-state index >= 15 is 0 Å². The molecule has 3 N–H and O–H groups in total. The van der Waals surface area contributed by atoms with Gasteiger partial charge in [0.2, 0.25) is 20.0 Å². The van der Waals surface area contributed by atoms with E-state index in [2.05, 4.69) is 4.72 Å². The number of nitrogens with zero attached hydrogens (tertiary/aromatic N) is 1. The largest absolute Gasteiger partial charge is 0.497 e. The van der Waals surface area contributed by atoms with Crippen LogP contribution in [0.4, 0.5) is 5.69 Å². The van der Waals surface area contributed by atoms with E-state index in [1.165, 1.54) is 36.5 Å². The van der Waals surface area contributed by atoms with Gasteiger partial charge in [-0.3, -0.25) is 4.72 Å². The quantitative estimate of drug-likeness (QED) is 0.711. The fourth-order valence-corrected chi connectivity index (χ4v) is 4.90. The van der Waals surface area contributed by atoms with Crippen molar-refractivity contribution in [1.29, 1.82) is 0 Å². The Morgan fingerprint density at radius 3 is 2.58 bits per heavy atom. The van der Waals surface area contributed by atoms with Crippen LogP contribution in [0.2, 0.25) is 0 Å². The number of nitrogens with one attached hydrogen (secondary N) is 1. The van der Waals surface area contributed by atoms with Crippen molar-refractivity contribution in [2.45, 2.75) is 18.2 Å². The van der Waals surface area contributed by atoms with Crippen LogP contribution in [0.3, 0.4) is 0 Å². The van der Waals surface area contributed by atoms with Crippen LogP contribution in [0.25, 0.3) is 0 Å². The highest BCUT2D eigenvalue weighted by Gasteiger charge is 2.34. The number of rotatable bonds is 7. The van der Waals surface area contributed by atoms with E-state index in [-0.39, 0.29) is 22.3 Å². The molecular weight excluding hydrogens is 354 g/mol. The Bertz CT molecular complexity index is 793. The van der Waals surface area contributed by atoms with E-state index in [1.54, 1.807) is 0 Å². The van der Waals surface area contributed by atoms with Crippen molar-refractivity contribution < 1.29 is 21.6 Å². The van der Waals surface area contributed by atoms with Crippen LogP contribution in [0.5, 0.6) is 5.75 Å². The van der Waals surface area contributed by atoms with Gasteiger partial charge in [-0.05, 0) is 37.9 Å². The van der Waals surface area contributed by atoms with Gasteiger partial charge in [0.1, 0.15) is 10.6 Å². The second-order valence-electron chi connectivity index (χ2n) is 5.62. The van der Waals surface area contributed by atoms with Gasteiger partial charge in [-0.15, -0.1) is 0 Å². The number of benzene rings is 1. The standard InChI is InChI=1S/C14H23N3O5S2/c1-3-23(18,19)16-13-8-12(22-2)4-5-14(13)24(20,21)17-7-6-11(9-15)10-17/h4-5,8,11,16H,3,6-7,9-10,15H2,1-2H3. The summed E-state index contributed by atoms with van der Waals surface area (Å²) < 4.78 is 58.3. The Morgan fingerprint density at radius 2 is 2.04 bits per heavy atom. The summed E-state index contributed by atoms with van der Waals surface area (Å²) in [6, 6.07) is 4.22. The van der Waals surface area contributed by atoms with Gasteiger partial charge in [0, 0.05) is 19.2 Å². The summed E-state index contributed by atoms with van der Waals surface area (Å²) in [5.74, 6) is 0.320. The summed E-state index contributed by atoms with van der Waals surface area (Å²) in [7, 11) is -6.03. The first-order valence-corrected chi connectivity index (χ1v) is 10.7. The molecule has 1 unspecified atom stereocenters. The van der Waals surface area contributed by atoms with Crippen molar-refractivity contribution in [2.24, 2.45) is 11.7 Å². The molecule has 10 heteroatoms. The van der Waals surface area contributed by atoms with Crippen LogP contribution in [0.1, 0.15) is 13.3 Å². The zero-order valence-electron chi connectivity index (χ0n) is 13.7. The molecule has 1 atom stereocenters. The van der Waals surface area contributed by atoms with Gasteiger partial charge in [-0.2, -0.15) is 4.31 Å². The second kappa shape index (κ2) is 7.26. The maximum atomic E-state index is 12.9. The lowest BCUT2D eigenvalue weighted by Gasteiger charge is -2.20. The predicted molar refractivity (Wildman–Crippen MR) is 92.0 cm³/mol. The van der Waals surface area contributed by atoms with E-state index in [1.807, 2.05) is 0 Å². The van der Waals surface area contributed by atoms with E-state index in [0.29, 0.717) is 31.8 Å². The normalized spacial score (nSPS) is 19.4. The molecule has 0 saturated carbocycles. The molecule has 0 amide bonds. The molecule has 2 rings (SSSR count). The molecule has 0 spiro atoms. The van der Waals surface area contributed by atoms with Crippen LogP contribution in [-0.4, -0.2) is 53.6 Å². The molecule has 0 aliphatic carbocycles. The monoisotopic (exact) mass is 377 g/mol. The van der Waals surface area contributed by atoms with Crippen LogP contribution < -0.4 is 15.2 Å². The summed E-state index contributed by atoms with van der Waals surface area (Å²) in [4.78, 5) is -0.0852. The SMILES string of the molecule is CCS(=O)(=O)Nc1cc(OC)ccc1S(=O)(=O)N1CCC(CN)C1. The maximum absolute atomic E-state index is 12.9. The van der Waals surface area contributed by atoms with Crippen LogP contribution in [0.15, 0.2) is 23.1 Å². The predicted octanol–water partition coefficient (Wildman–Crippen LogP) is 0.426. The van der Waals surface area contributed by atoms with Crippen molar-refractivity contribution in [2.75, 3.05) is 37.2 Å². The Hall–Kier alpha value is -1.36. The van der Waals surface area contributed by atoms with Crippen LogP contribution in [-0.2, 0) is 20.0 Å². The second-order valence-corrected chi connectivity index (χ2v) is 9.54. The number of ether oxygens (including phenoxy) is 1. The molecule has 1 heterocycles. The minimum atomic E-state index is -3.82. The van der Waals surface area contributed by atoms with Gasteiger partial charge in [0.25, 0.3) is 0 Å². The summed E-state index contributed by atoms with van der Waals surface area (Å²) >= 11 is 0. The van der Waals surface area contributed by atoms with Gasteiger partial charge in [-0.25, -0.2) is 16.8 Å². The average molecular weight is 377 g/mol. The average Bonchev–Trinajstić information content (AvgIpc) is 3.04. The number of methoxy groups -OCH3 is 1. The number of hydrogen-bond donors (Lipinski definition) is 2. The maximum Gasteiger partial charge on any atom is 0.245 e. The van der Waals surface area contributed by atoms with Crippen LogP contribution >= 0.6 is 0 Å². The lowest BCUT2D eigenvalue weighted by Crippen LogP contribution is -2.31. The lowest BCUT2D eigenvalue weighted by molar-refractivity contribution is 0.414. The van der Waals surface area contributed by atoms with Crippen LogP contribution in [0, 0.1) is 5.92 Å². The van der Waals surface area contributed by atoms with E-state index in [4.69, 9.17) is 10.5 Å². The molecule has 1 saturated heterocycles. The Kier molecular flexibility index (Phi) is 5.74. The summed E-state index contributed by atoms with van der Waals surface area (Å²) in [6.07, 6.45) is 0.696. The highest BCUT2D eigenvalue weighted by Crippen LogP contribution is 2.32. The highest BCUT2D eigenvalue weighted by atomic mass is 32.2. The zero-order valence-corrected chi connectivity index (χ0v) is 15.4. The third-order valence-corrected chi connectivity index (χ3v) is 7.25. The van der Waals surface area contributed by atoms with Gasteiger partial charge in [0.05, 0.1) is 18.6 Å². The molecule has 24 heavy (non-hydrogen) atoms. The van der Waals surface area contributed by atoms with Gasteiger partial charge < -0.3 is 10.5 Å². The molecule has 1 fully saturated rings. The van der Waals surface area contributed by atoms with Crippen molar-refractivity contribution in [3.05, 3.63) is 18.2 Å². The van der Waals surface area contributed by atoms with E-state index < -0.39 is 20.0 Å². The number of hydrogen-bond acceptors (Lipinski definition) is 6. The summed E-state index contributed by atoms with van der Waals surface area (Å²) in [5.41, 5.74) is 5.61. The molecule has 8 nitrogen and oxygen atoms in total. The van der Waals surface area contributed by atoms with Crippen molar-refractivity contribution in [3.63, 3.8) is 0 Å². The molecular formula is C14H23N3O5S2. The molecule has 0 radical (unpaired) electrons. The van der Waals surface area contributed by atoms with Gasteiger partial charge >= 0.3 is 0 Å². The molecule has 1 aromatic carbocycles. The highest BCUT2D eigenvalue weighted by molar-refractivity contribution is 7.93. The first-order valence-electron chi connectivity index (χ1n) is 7.62. The molecule has 1 aromatic rings. The zero-order chi connectivity index (χ0) is 18.0. The fourth-order valence-electron chi connectivity index (χ4n) is 2.53. The Morgan fingerprint density at radius 1 is 1.33 bits per heavy atom. The minimum Gasteiger partial charge on any atom is -0.497 e. The van der Waals surface area contributed by atoms with E-state index in [0.717, 1.165) is 0 Å². The van der Waals surface area contributed by atoms with Crippen molar-refractivity contribution in [1.82, 2.24) is 4.31 Å². The third kappa shape index (κ3) is 4.00. The van der Waals surface area contributed by atoms with Crippen molar-refractivity contribution in [3.8, 4) is 5.75 Å². The molecule has 0 bridgehead atoms. The lowest BCUT2D eigenvalue weighted by atomic mass is 10.1. The Balaban J connectivity index is 2.45. The van der Waals surface area contributed by atoms with Crippen molar-refractivity contribution >= 4 is 25.7 Å². The number of nitrogens with two attached hydrogens (primary N) is 1. The molecule has 136 valence electrons. The van der Waals surface area contributed by atoms with E-state index in [9.17, 15) is 16.8 Å². The fraction of sp³-hybridized carbons (Fsp3) is 0.571. The summed E-state index contributed by atoms with van der Waals surface area (Å²) in [5, 5.41) is 0. The third-order valence-electron chi connectivity index (χ3n) is 4.03. The number of anilines is 1. The van der Waals surface area contributed by atoms with Gasteiger partial charge in [0.15, 0.2) is 0 Å². The molecule has 1 aliphatic heterocycles. The topological polar surface area (TPSA) is 119 Å². The number of sulfonamides is 2. The molecule has 0 aromatic heterocycles. The first kappa shape index (κ1) is 19.0. The minimum absolute atomic E-state index is 0.00704.